The van der Waals surface area contributed by atoms with Crippen LogP contribution in [0.5, 0.6) is 0 Å². The van der Waals surface area contributed by atoms with E-state index in [1.165, 1.54) is 0 Å². The molecule has 2 aromatic carbocycles. The number of benzene rings is 2. The second kappa shape index (κ2) is 6.26. The van der Waals surface area contributed by atoms with E-state index < -0.39 is 0 Å². The average molecular weight is 292 g/mol. The molecule has 22 heavy (non-hydrogen) atoms. The van der Waals surface area contributed by atoms with Gasteiger partial charge in [-0.15, -0.1) is 0 Å². The van der Waals surface area contributed by atoms with Crippen molar-refractivity contribution in [2.24, 2.45) is 0 Å². The Morgan fingerprint density at radius 2 is 2.00 bits per heavy atom. The summed E-state index contributed by atoms with van der Waals surface area (Å²) < 4.78 is 5.03. The monoisotopic (exact) mass is 292 g/mol. The highest BCUT2D eigenvalue weighted by molar-refractivity contribution is 5.94. The Labute approximate surface area is 128 Å². The Hall–Kier alpha value is -2.88. The number of fused-ring (bicyclic) bond motifs is 1. The van der Waals surface area contributed by atoms with Gasteiger partial charge in [-0.3, -0.25) is 4.98 Å². The summed E-state index contributed by atoms with van der Waals surface area (Å²) in [5.74, 6) is -0.314. The van der Waals surface area contributed by atoms with Gasteiger partial charge in [0.05, 0.1) is 17.7 Å². The van der Waals surface area contributed by atoms with Crippen LogP contribution in [0.15, 0.2) is 60.8 Å². The molecular formula is C18H16N2O2. The summed E-state index contributed by atoms with van der Waals surface area (Å²) in [6, 6.07) is 17.1. The van der Waals surface area contributed by atoms with Crippen molar-refractivity contribution in [3.8, 4) is 0 Å². The van der Waals surface area contributed by atoms with E-state index in [0.29, 0.717) is 12.2 Å². The van der Waals surface area contributed by atoms with E-state index in [0.717, 1.165) is 22.3 Å². The van der Waals surface area contributed by atoms with Crippen LogP contribution < -0.4 is 5.32 Å². The largest absolute Gasteiger partial charge is 0.462 e. The zero-order valence-electron chi connectivity index (χ0n) is 12.2. The van der Waals surface area contributed by atoms with Crippen molar-refractivity contribution < 1.29 is 9.53 Å². The fraction of sp³-hybridized carbons (Fsp3) is 0.111. The molecule has 0 saturated heterocycles. The predicted octanol–water partition coefficient (Wildman–Crippen LogP) is 4.16. The second-order valence-corrected chi connectivity index (χ2v) is 4.80. The lowest BCUT2D eigenvalue weighted by Crippen LogP contribution is -2.05. The average Bonchev–Trinajstić information content (AvgIpc) is 2.56. The summed E-state index contributed by atoms with van der Waals surface area (Å²) in [5.41, 5.74) is 3.24. The van der Waals surface area contributed by atoms with Crippen molar-refractivity contribution in [3.05, 3.63) is 66.4 Å². The lowest BCUT2D eigenvalue weighted by molar-refractivity contribution is 0.0526. The van der Waals surface area contributed by atoms with E-state index in [4.69, 9.17) is 4.74 Å². The van der Waals surface area contributed by atoms with Crippen LogP contribution in [0, 0.1) is 0 Å². The van der Waals surface area contributed by atoms with E-state index in [1.807, 2.05) is 42.5 Å². The van der Waals surface area contributed by atoms with Gasteiger partial charge in [-0.2, -0.15) is 0 Å². The third kappa shape index (κ3) is 2.91. The molecule has 1 heterocycles. The molecule has 4 heteroatoms. The van der Waals surface area contributed by atoms with Gasteiger partial charge in [-0.05, 0) is 37.3 Å². The standard InChI is InChI=1S/C18H16N2O2/c1-2-22-18(21)13-6-5-7-14(12-13)20-17-10-11-19-16-9-4-3-8-15(16)17/h3-12H,2H2,1H3,(H,19,20). The molecule has 1 aromatic heterocycles. The van der Waals surface area contributed by atoms with Crippen molar-refractivity contribution in [2.75, 3.05) is 11.9 Å². The topological polar surface area (TPSA) is 51.2 Å². The molecule has 0 aliphatic rings. The molecule has 0 atom stereocenters. The molecule has 1 N–H and O–H groups in total. The van der Waals surface area contributed by atoms with Gasteiger partial charge in [-0.25, -0.2) is 4.79 Å². The highest BCUT2D eigenvalue weighted by Crippen LogP contribution is 2.25. The van der Waals surface area contributed by atoms with Crippen LogP contribution >= 0.6 is 0 Å². The van der Waals surface area contributed by atoms with E-state index >= 15 is 0 Å². The molecule has 110 valence electrons. The number of rotatable bonds is 4. The number of nitrogens with one attached hydrogen (secondary N) is 1. The third-order valence-electron chi connectivity index (χ3n) is 3.30. The Bertz CT molecular complexity index is 810. The Kier molecular flexibility index (Phi) is 4.01. The van der Waals surface area contributed by atoms with Crippen molar-refractivity contribution in [1.29, 1.82) is 0 Å². The minimum absolute atomic E-state index is 0.314. The van der Waals surface area contributed by atoms with Crippen molar-refractivity contribution in [3.63, 3.8) is 0 Å². The first kappa shape index (κ1) is 14.1. The highest BCUT2D eigenvalue weighted by atomic mass is 16.5. The van der Waals surface area contributed by atoms with Gasteiger partial charge in [0.15, 0.2) is 0 Å². The second-order valence-electron chi connectivity index (χ2n) is 4.80. The molecule has 0 aliphatic carbocycles. The van der Waals surface area contributed by atoms with Gasteiger partial charge in [0.1, 0.15) is 0 Å². The lowest BCUT2D eigenvalue weighted by Gasteiger charge is -2.10. The highest BCUT2D eigenvalue weighted by Gasteiger charge is 2.07. The molecule has 0 saturated carbocycles. The first-order chi connectivity index (χ1) is 10.8. The molecule has 4 nitrogen and oxygen atoms in total. The molecule has 3 aromatic rings. The summed E-state index contributed by atoms with van der Waals surface area (Å²) in [6.07, 6.45) is 1.76. The van der Waals surface area contributed by atoms with E-state index in [9.17, 15) is 4.79 Å². The number of esters is 1. The predicted molar refractivity (Wildman–Crippen MR) is 87.4 cm³/mol. The number of hydrogen-bond donors (Lipinski definition) is 1. The van der Waals surface area contributed by atoms with E-state index in [2.05, 4.69) is 10.3 Å². The Balaban J connectivity index is 1.92. The Morgan fingerprint density at radius 1 is 1.14 bits per heavy atom. The SMILES string of the molecule is CCOC(=O)c1cccc(Nc2ccnc3ccccc23)c1. The number of ether oxygens (including phenoxy) is 1. The summed E-state index contributed by atoms with van der Waals surface area (Å²) in [6.45, 7) is 2.16. The van der Waals surface area contributed by atoms with Crippen LogP contribution in [0.3, 0.4) is 0 Å². The van der Waals surface area contributed by atoms with Crippen LogP contribution in [0.25, 0.3) is 10.9 Å². The van der Waals surface area contributed by atoms with Gasteiger partial charge < -0.3 is 10.1 Å². The van der Waals surface area contributed by atoms with Crippen molar-refractivity contribution in [2.45, 2.75) is 6.92 Å². The van der Waals surface area contributed by atoms with Crippen LogP contribution in [0.1, 0.15) is 17.3 Å². The normalized spacial score (nSPS) is 10.4. The summed E-state index contributed by atoms with van der Waals surface area (Å²) in [4.78, 5) is 16.1. The molecular weight excluding hydrogens is 276 g/mol. The maximum atomic E-state index is 11.8. The maximum absolute atomic E-state index is 11.8. The van der Waals surface area contributed by atoms with E-state index in [-0.39, 0.29) is 5.97 Å². The van der Waals surface area contributed by atoms with Gasteiger partial charge in [0, 0.05) is 23.0 Å². The summed E-state index contributed by atoms with van der Waals surface area (Å²) in [5, 5.41) is 4.37. The van der Waals surface area contributed by atoms with Crippen molar-refractivity contribution >= 4 is 28.2 Å². The molecule has 3 rings (SSSR count). The zero-order chi connectivity index (χ0) is 15.4. The fourth-order valence-electron chi connectivity index (χ4n) is 2.30. The zero-order valence-corrected chi connectivity index (χ0v) is 12.2. The molecule has 0 amide bonds. The van der Waals surface area contributed by atoms with Crippen LogP contribution in [-0.2, 0) is 4.74 Å². The van der Waals surface area contributed by atoms with Crippen molar-refractivity contribution in [1.82, 2.24) is 4.98 Å². The smallest absolute Gasteiger partial charge is 0.338 e. The van der Waals surface area contributed by atoms with Crippen LogP contribution in [-0.4, -0.2) is 17.6 Å². The minimum Gasteiger partial charge on any atom is -0.462 e. The number of pyridine rings is 1. The number of carbonyl (C=O) groups is 1. The third-order valence-corrected chi connectivity index (χ3v) is 3.30. The molecule has 0 aliphatic heterocycles. The molecule has 0 spiro atoms. The first-order valence-corrected chi connectivity index (χ1v) is 7.16. The minimum atomic E-state index is -0.314. The Morgan fingerprint density at radius 3 is 2.86 bits per heavy atom. The fourth-order valence-corrected chi connectivity index (χ4v) is 2.30. The molecule has 0 bridgehead atoms. The van der Waals surface area contributed by atoms with Gasteiger partial charge in [-0.1, -0.05) is 24.3 Å². The van der Waals surface area contributed by atoms with Crippen LogP contribution in [0.2, 0.25) is 0 Å². The molecule has 0 fully saturated rings. The number of aromatic nitrogens is 1. The first-order valence-electron chi connectivity index (χ1n) is 7.16. The summed E-state index contributed by atoms with van der Waals surface area (Å²) in [7, 11) is 0. The molecule has 0 unspecified atom stereocenters. The van der Waals surface area contributed by atoms with Crippen LogP contribution in [0.4, 0.5) is 11.4 Å². The van der Waals surface area contributed by atoms with Gasteiger partial charge in [0.25, 0.3) is 0 Å². The van der Waals surface area contributed by atoms with Gasteiger partial charge in [0.2, 0.25) is 0 Å². The number of nitrogens with zero attached hydrogens (tertiary/aromatic N) is 1. The number of hydrogen-bond acceptors (Lipinski definition) is 4. The maximum Gasteiger partial charge on any atom is 0.338 e. The number of para-hydroxylation sites is 1. The lowest BCUT2D eigenvalue weighted by atomic mass is 10.1. The quantitative estimate of drug-likeness (QED) is 0.734. The van der Waals surface area contributed by atoms with E-state index in [1.54, 1.807) is 25.3 Å². The summed E-state index contributed by atoms with van der Waals surface area (Å²) >= 11 is 0. The molecule has 0 radical (unpaired) electrons. The van der Waals surface area contributed by atoms with Gasteiger partial charge >= 0.3 is 5.97 Å². The number of anilines is 2. The number of carbonyl (C=O) groups excluding carboxylic acids is 1.